The highest BCUT2D eigenvalue weighted by molar-refractivity contribution is 5.97. The standard InChI is InChI=1S/C21H22F3N3O4/c1-31-20-17-11(19(28)12(21(29)30)9-27(17)16-6-13(16)22)5-14(23)18(20)26-4-2-3-10(8-26)15(24)7-25/h5,9,13,16H,2-4,6-8,25H2,1H3,(H,29,30)/b15-10-. The number of aromatic nitrogens is 1. The van der Waals surface area contributed by atoms with E-state index in [1.54, 1.807) is 4.90 Å². The monoisotopic (exact) mass is 437 g/mol. The van der Waals surface area contributed by atoms with Crippen molar-refractivity contribution >= 4 is 22.6 Å². The number of alkyl halides is 1. The summed E-state index contributed by atoms with van der Waals surface area (Å²) in [5.74, 6) is -2.76. The summed E-state index contributed by atoms with van der Waals surface area (Å²) in [5, 5.41) is 9.18. The Bertz CT molecular complexity index is 1160. The van der Waals surface area contributed by atoms with Crippen LogP contribution in [0.3, 0.4) is 0 Å². The topological polar surface area (TPSA) is 97.8 Å². The lowest BCUT2D eigenvalue weighted by molar-refractivity contribution is 0.0694. The van der Waals surface area contributed by atoms with Crippen LogP contribution in [-0.4, -0.2) is 48.6 Å². The number of carbonyl (C=O) groups is 1. The van der Waals surface area contributed by atoms with E-state index in [2.05, 4.69) is 0 Å². The number of hydrogen-bond acceptors (Lipinski definition) is 5. The summed E-state index contributed by atoms with van der Waals surface area (Å²) in [6.07, 6.45) is 1.06. The minimum atomic E-state index is -1.48. The minimum Gasteiger partial charge on any atom is -0.492 e. The van der Waals surface area contributed by atoms with Crippen LogP contribution in [0, 0.1) is 5.82 Å². The lowest BCUT2D eigenvalue weighted by atomic mass is 10.0. The van der Waals surface area contributed by atoms with Gasteiger partial charge in [0, 0.05) is 32.3 Å². The summed E-state index contributed by atoms with van der Waals surface area (Å²) in [5.41, 5.74) is 4.54. The molecule has 2 atom stereocenters. The summed E-state index contributed by atoms with van der Waals surface area (Å²) in [6, 6.07) is 0.269. The number of rotatable bonds is 5. The van der Waals surface area contributed by atoms with Gasteiger partial charge in [0.25, 0.3) is 0 Å². The highest BCUT2D eigenvalue weighted by Crippen LogP contribution is 2.45. The van der Waals surface area contributed by atoms with Gasteiger partial charge in [-0.15, -0.1) is 0 Å². The van der Waals surface area contributed by atoms with Crippen LogP contribution in [-0.2, 0) is 0 Å². The molecule has 1 aliphatic heterocycles. The smallest absolute Gasteiger partial charge is 0.341 e. The highest BCUT2D eigenvalue weighted by atomic mass is 19.1. The van der Waals surface area contributed by atoms with Gasteiger partial charge in [0.05, 0.1) is 24.1 Å². The zero-order chi connectivity index (χ0) is 22.4. The SMILES string of the molecule is COc1c(N2CCC/C(=C(/F)CN)C2)c(F)cc2c(=O)c(C(=O)O)cn(C3CC3F)c12. The predicted octanol–water partition coefficient (Wildman–Crippen LogP) is 2.91. The lowest BCUT2D eigenvalue weighted by Gasteiger charge is -2.33. The van der Waals surface area contributed by atoms with Gasteiger partial charge in [-0.3, -0.25) is 4.79 Å². The number of ether oxygens (including phenoxy) is 1. The van der Waals surface area contributed by atoms with E-state index in [1.807, 2.05) is 0 Å². The second-order valence-electron chi connectivity index (χ2n) is 7.78. The van der Waals surface area contributed by atoms with E-state index in [9.17, 15) is 23.5 Å². The second kappa shape index (κ2) is 7.92. The molecule has 2 unspecified atom stereocenters. The van der Waals surface area contributed by atoms with Crippen molar-refractivity contribution < 1.29 is 27.8 Å². The molecule has 0 amide bonds. The van der Waals surface area contributed by atoms with Crippen molar-refractivity contribution in [3.05, 3.63) is 45.3 Å². The summed E-state index contributed by atoms with van der Waals surface area (Å²) in [7, 11) is 1.29. The molecule has 2 fully saturated rings. The molecular formula is C21H22F3N3O4. The number of methoxy groups -OCH3 is 1. The zero-order valence-corrected chi connectivity index (χ0v) is 16.8. The number of carboxylic acid groups (broad SMARTS) is 1. The van der Waals surface area contributed by atoms with Gasteiger partial charge >= 0.3 is 5.97 Å². The van der Waals surface area contributed by atoms with Crippen LogP contribution in [0.1, 0.15) is 35.7 Å². The van der Waals surface area contributed by atoms with Crippen LogP contribution < -0.4 is 20.8 Å². The van der Waals surface area contributed by atoms with Crippen molar-refractivity contribution in [2.75, 3.05) is 31.6 Å². The number of halogens is 3. The van der Waals surface area contributed by atoms with E-state index in [-0.39, 0.29) is 41.9 Å². The van der Waals surface area contributed by atoms with Crippen molar-refractivity contribution in [2.45, 2.75) is 31.5 Å². The fourth-order valence-electron chi connectivity index (χ4n) is 4.21. The molecule has 1 saturated heterocycles. The molecule has 0 radical (unpaired) electrons. The lowest BCUT2D eigenvalue weighted by Crippen LogP contribution is -2.33. The molecule has 1 aromatic carbocycles. The molecule has 1 saturated carbocycles. The maximum absolute atomic E-state index is 15.3. The number of piperidine rings is 1. The Balaban J connectivity index is 1.98. The molecule has 3 N–H and O–H groups in total. The zero-order valence-electron chi connectivity index (χ0n) is 16.8. The number of fused-ring (bicyclic) bond motifs is 1. The quantitative estimate of drug-likeness (QED) is 0.747. The summed E-state index contributed by atoms with van der Waals surface area (Å²) in [4.78, 5) is 25.9. The number of pyridine rings is 1. The molecule has 2 heterocycles. The summed E-state index contributed by atoms with van der Waals surface area (Å²) in [6.45, 7) is 0.249. The Hall–Kier alpha value is -3.01. The van der Waals surface area contributed by atoms with Crippen molar-refractivity contribution in [2.24, 2.45) is 5.73 Å². The summed E-state index contributed by atoms with van der Waals surface area (Å²) < 4.78 is 50.1. The van der Waals surface area contributed by atoms with Gasteiger partial charge in [0.1, 0.15) is 23.2 Å². The number of nitrogens with two attached hydrogens (primary N) is 1. The van der Waals surface area contributed by atoms with Crippen molar-refractivity contribution in [3.63, 3.8) is 0 Å². The number of anilines is 1. The van der Waals surface area contributed by atoms with E-state index in [1.165, 1.54) is 11.7 Å². The third-order valence-electron chi connectivity index (χ3n) is 5.84. The molecular weight excluding hydrogens is 415 g/mol. The third-order valence-corrected chi connectivity index (χ3v) is 5.84. The van der Waals surface area contributed by atoms with E-state index in [0.717, 1.165) is 12.3 Å². The first-order valence-corrected chi connectivity index (χ1v) is 9.92. The van der Waals surface area contributed by atoms with Gasteiger partial charge in [-0.05, 0) is 24.5 Å². The molecule has 7 nitrogen and oxygen atoms in total. The third kappa shape index (κ3) is 3.54. The van der Waals surface area contributed by atoms with Crippen molar-refractivity contribution in [3.8, 4) is 5.75 Å². The fourth-order valence-corrected chi connectivity index (χ4v) is 4.21. The Morgan fingerprint density at radius 2 is 2.13 bits per heavy atom. The van der Waals surface area contributed by atoms with Crippen LogP contribution in [0.15, 0.2) is 28.5 Å². The Morgan fingerprint density at radius 1 is 1.42 bits per heavy atom. The van der Waals surface area contributed by atoms with Crippen molar-refractivity contribution in [1.82, 2.24) is 4.57 Å². The highest BCUT2D eigenvalue weighted by Gasteiger charge is 2.41. The maximum Gasteiger partial charge on any atom is 0.341 e. The van der Waals surface area contributed by atoms with Crippen LogP contribution in [0.5, 0.6) is 5.75 Å². The first-order valence-electron chi connectivity index (χ1n) is 9.92. The van der Waals surface area contributed by atoms with Gasteiger partial charge in [-0.2, -0.15) is 0 Å². The first-order chi connectivity index (χ1) is 14.8. The van der Waals surface area contributed by atoms with Gasteiger partial charge < -0.3 is 25.0 Å². The van der Waals surface area contributed by atoms with Crippen LogP contribution >= 0.6 is 0 Å². The van der Waals surface area contributed by atoms with Gasteiger partial charge in [-0.1, -0.05) is 0 Å². The normalized spacial score (nSPS) is 22.5. The molecule has 1 aliphatic carbocycles. The second-order valence-corrected chi connectivity index (χ2v) is 7.78. The average molecular weight is 437 g/mol. The number of carboxylic acids is 1. The van der Waals surface area contributed by atoms with Crippen LogP contribution in [0.4, 0.5) is 18.9 Å². The number of aromatic carboxylic acids is 1. The van der Waals surface area contributed by atoms with Crippen LogP contribution in [0.2, 0.25) is 0 Å². The molecule has 166 valence electrons. The van der Waals surface area contributed by atoms with Gasteiger partial charge in [-0.25, -0.2) is 18.0 Å². The Labute approximate surface area is 175 Å². The molecule has 1 aromatic heterocycles. The Morgan fingerprint density at radius 3 is 2.71 bits per heavy atom. The molecule has 10 heteroatoms. The van der Waals surface area contributed by atoms with E-state index < -0.39 is 40.8 Å². The average Bonchev–Trinajstić information content (AvgIpc) is 3.48. The first kappa shape index (κ1) is 21.2. The van der Waals surface area contributed by atoms with Gasteiger partial charge in [0.15, 0.2) is 11.6 Å². The number of hydrogen-bond donors (Lipinski definition) is 2. The van der Waals surface area contributed by atoms with Crippen LogP contribution in [0.25, 0.3) is 10.9 Å². The Kier molecular flexibility index (Phi) is 5.42. The van der Waals surface area contributed by atoms with Gasteiger partial charge in [0.2, 0.25) is 5.43 Å². The molecule has 31 heavy (non-hydrogen) atoms. The van der Waals surface area contributed by atoms with E-state index in [4.69, 9.17) is 10.5 Å². The minimum absolute atomic E-state index is 0.0162. The molecule has 0 spiro atoms. The molecule has 2 aromatic rings. The largest absolute Gasteiger partial charge is 0.492 e. The number of nitrogens with zero attached hydrogens (tertiary/aromatic N) is 2. The fraction of sp³-hybridized carbons (Fsp3) is 0.429. The maximum atomic E-state index is 15.3. The molecule has 4 rings (SSSR count). The number of benzene rings is 1. The van der Waals surface area contributed by atoms with Crippen molar-refractivity contribution in [1.29, 1.82) is 0 Å². The summed E-state index contributed by atoms with van der Waals surface area (Å²) >= 11 is 0. The molecule has 2 aliphatic rings. The predicted molar refractivity (Wildman–Crippen MR) is 109 cm³/mol. The van der Waals surface area contributed by atoms with E-state index in [0.29, 0.717) is 25.0 Å². The molecule has 0 bridgehead atoms. The van der Waals surface area contributed by atoms with E-state index >= 15 is 4.39 Å².